The summed E-state index contributed by atoms with van der Waals surface area (Å²) in [5, 5.41) is 18.7. The summed E-state index contributed by atoms with van der Waals surface area (Å²) in [7, 11) is 0. The fourth-order valence-corrected chi connectivity index (χ4v) is 3.08. The van der Waals surface area contributed by atoms with Crippen LogP contribution in [0.3, 0.4) is 0 Å². The van der Waals surface area contributed by atoms with Crippen molar-refractivity contribution in [3.8, 4) is 0 Å². The Hall–Kier alpha value is -1.62. The number of fused-ring (bicyclic) bond motifs is 1. The molecule has 102 valence electrons. The van der Waals surface area contributed by atoms with Crippen molar-refractivity contribution >= 4 is 12.1 Å². The van der Waals surface area contributed by atoms with Gasteiger partial charge in [-0.3, -0.25) is 5.01 Å². The largest absolute Gasteiger partial charge is 0.396 e. The van der Waals surface area contributed by atoms with Crippen molar-refractivity contribution in [2.75, 3.05) is 13.2 Å². The van der Waals surface area contributed by atoms with E-state index in [1.807, 2.05) is 12.4 Å². The molecule has 4 atom stereocenters. The Morgan fingerprint density at radius 3 is 3.11 bits per heavy atom. The number of aliphatic hydroxyl groups excluding tert-OH is 1. The van der Waals surface area contributed by atoms with Crippen LogP contribution in [-0.4, -0.2) is 41.4 Å². The van der Waals surface area contributed by atoms with Crippen LogP contribution in [0.15, 0.2) is 34.6 Å². The average Bonchev–Trinajstić information content (AvgIpc) is 3.03. The molecule has 0 fully saturated rings. The molecular weight excluding hydrogens is 240 g/mol. The Kier molecular flexibility index (Phi) is 3.38. The zero-order valence-electron chi connectivity index (χ0n) is 11.1. The third kappa shape index (κ3) is 2.18. The number of aliphatic imine (C=N–C) groups is 1. The molecule has 0 spiro atoms. The quantitative estimate of drug-likeness (QED) is 0.791. The van der Waals surface area contributed by atoms with E-state index in [-0.39, 0.29) is 6.61 Å². The van der Waals surface area contributed by atoms with Crippen LogP contribution >= 0.6 is 0 Å². The first-order valence-electron chi connectivity index (χ1n) is 6.90. The Balaban J connectivity index is 1.71. The third-order valence-corrected chi connectivity index (χ3v) is 4.19. The van der Waals surface area contributed by atoms with E-state index in [9.17, 15) is 0 Å². The van der Waals surface area contributed by atoms with Crippen molar-refractivity contribution in [2.45, 2.75) is 19.4 Å². The zero-order valence-corrected chi connectivity index (χ0v) is 11.1. The van der Waals surface area contributed by atoms with Gasteiger partial charge < -0.3 is 10.4 Å². The third-order valence-electron chi connectivity index (χ3n) is 4.19. The van der Waals surface area contributed by atoms with Crippen LogP contribution in [0.25, 0.3) is 0 Å². The molecule has 0 bridgehead atoms. The van der Waals surface area contributed by atoms with Gasteiger partial charge in [-0.1, -0.05) is 12.2 Å². The smallest absolute Gasteiger partial charge is 0.113 e. The number of nitrogens with one attached hydrogen (secondary N) is 1. The predicted octanol–water partition coefficient (Wildman–Crippen LogP) is 0.950. The highest BCUT2D eigenvalue weighted by Gasteiger charge is 2.39. The maximum Gasteiger partial charge on any atom is 0.113 e. The highest BCUT2D eigenvalue weighted by atomic mass is 16.3. The minimum atomic E-state index is 0.221. The van der Waals surface area contributed by atoms with E-state index in [4.69, 9.17) is 5.11 Å². The lowest BCUT2D eigenvalue weighted by Gasteiger charge is -2.33. The molecule has 0 aromatic heterocycles. The van der Waals surface area contributed by atoms with Crippen LogP contribution in [0.4, 0.5) is 0 Å². The van der Waals surface area contributed by atoms with E-state index in [0.29, 0.717) is 23.8 Å². The molecule has 4 unspecified atom stereocenters. The van der Waals surface area contributed by atoms with E-state index in [1.165, 1.54) is 0 Å². The molecule has 19 heavy (non-hydrogen) atoms. The van der Waals surface area contributed by atoms with Crippen molar-refractivity contribution < 1.29 is 5.11 Å². The summed E-state index contributed by atoms with van der Waals surface area (Å²) >= 11 is 0. The van der Waals surface area contributed by atoms with Gasteiger partial charge >= 0.3 is 0 Å². The molecule has 3 aliphatic rings. The number of nitrogens with zero attached hydrogens (tertiary/aromatic N) is 3. The Bertz CT molecular complexity index is 454. The average molecular weight is 260 g/mol. The maximum atomic E-state index is 8.93. The van der Waals surface area contributed by atoms with Crippen LogP contribution < -0.4 is 5.32 Å². The number of hydrazone groups is 1. The zero-order chi connectivity index (χ0) is 13.2. The Morgan fingerprint density at radius 2 is 2.26 bits per heavy atom. The number of aliphatic hydroxyl groups is 1. The van der Waals surface area contributed by atoms with Crippen LogP contribution in [0.2, 0.25) is 0 Å². The second kappa shape index (κ2) is 5.17. The summed E-state index contributed by atoms with van der Waals surface area (Å²) in [6.45, 7) is 3.25. The molecule has 0 saturated heterocycles. The topological polar surface area (TPSA) is 60.2 Å². The van der Waals surface area contributed by atoms with Crippen LogP contribution in [0.1, 0.15) is 13.3 Å². The highest BCUT2D eigenvalue weighted by Crippen LogP contribution is 2.34. The van der Waals surface area contributed by atoms with Crippen molar-refractivity contribution in [2.24, 2.45) is 27.8 Å². The van der Waals surface area contributed by atoms with Crippen LogP contribution in [0.5, 0.6) is 0 Å². The minimum Gasteiger partial charge on any atom is -0.396 e. The fourth-order valence-electron chi connectivity index (χ4n) is 3.08. The van der Waals surface area contributed by atoms with Crippen LogP contribution in [0, 0.1) is 17.8 Å². The Labute approximate surface area is 113 Å². The minimum absolute atomic E-state index is 0.221. The van der Waals surface area contributed by atoms with E-state index >= 15 is 0 Å². The molecule has 3 aliphatic heterocycles. The summed E-state index contributed by atoms with van der Waals surface area (Å²) in [6.07, 6.45) is 11.1. The SMILES string of the molecule is CC1C(C2C=CNC3=NC=CC32)C=NN1CCCO. The molecular formula is C14H20N4O. The second-order valence-corrected chi connectivity index (χ2v) is 5.29. The summed E-state index contributed by atoms with van der Waals surface area (Å²) < 4.78 is 0. The summed E-state index contributed by atoms with van der Waals surface area (Å²) in [5.41, 5.74) is 0. The lowest BCUT2D eigenvalue weighted by Crippen LogP contribution is -2.41. The molecule has 2 N–H and O–H groups in total. The van der Waals surface area contributed by atoms with Crippen molar-refractivity contribution in [1.82, 2.24) is 10.3 Å². The monoisotopic (exact) mass is 260 g/mol. The van der Waals surface area contributed by atoms with Gasteiger partial charge in [-0.2, -0.15) is 5.10 Å². The number of allylic oxidation sites excluding steroid dienone is 1. The first kappa shape index (κ1) is 12.4. The van der Waals surface area contributed by atoms with Gasteiger partial charge in [0.2, 0.25) is 0 Å². The standard InChI is InChI=1S/C14H20N4O/c1-10-13(9-17-18(10)7-2-8-19)11-3-5-15-14-12(11)4-6-16-14/h3-6,9-13,19H,2,7-8H2,1H3,(H,15,16). The van der Waals surface area contributed by atoms with Gasteiger partial charge in [0.1, 0.15) is 5.84 Å². The fraction of sp³-hybridized carbons (Fsp3) is 0.571. The molecule has 0 aromatic carbocycles. The maximum absolute atomic E-state index is 8.93. The normalized spacial score (nSPS) is 35.5. The van der Waals surface area contributed by atoms with Gasteiger partial charge in [0, 0.05) is 43.3 Å². The first-order valence-corrected chi connectivity index (χ1v) is 6.90. The van der Waals surface area contributed by atoms with Gasteiger partial charge in [0.05, 0.1) is 6.04 Å². The molecule has 3 rings (SSSR count). The molecule has 5 nitrogen and oxygen atoms in total. The Morgan fingerprint density at radius 1 is 1.37 bits per heavy atom. The molecule has 0 aromatic rings. The van der Waals surface area contributed by atoms with Crippen LogP contribution in [-0.2, 0) is 0 Å². The lowest BCUT2D eigenvalue weighted by molar-refractivity contribution is 0.173. The number of rotatable bonds is 4. The van der Waals surface area contributed by atoms with Crippen molar-refractivity contribution in [3.05, 3.63) is 24.6 Å². The number of hydrogen-bond donors (Lipinski definition) is 2. The van der Waals surface area contributed by atoms with Gasteiger partial charge in [0.15, 0.2) is 0 Å². The van der Waals surface area contributed by atoms with Gasteiger partial charge in [0.25, 0.3) is 0 Å². The van der Waals surface area contributed by atoms with E-state index in [2.05, 4.69) is 45.7 Å². The number of hydrogen-bond acceptors (Lipinski definition) is 5. The van der Waals surface area contributed by atoms with E-state index in [0.717, 1.165) is 18.8 Å². The molecule has 0 amide bonds. The summed E-state index contributed by atoms with van der Waals surface area (Å²) in [4.78, 5) is 4.36. The first-order chi connectivity index (χ1) is 9.31. The van der Waals surface area contributed by atoms with Gasteiger partial charge in [-0.05, 0) is 19.5 Å². The molecule has 0 aliphatic carbocycles. The second-order valence-electron chi connectivity index (χ2n) is 5.29. The highest BCUT2D eigenvalue weighted by molar-refractivity contribution is 5.91. The van der Waals surface area contributed by atoms with E-state index < -0.39 is 0 Å². The lowest BCUT2D eigenvalue weighted by atomic mass is 9.77. The van der Waals surface area contributed by atoms with Gasteiger partial charge in [-0.15, -0.1) is 0 Å². The van der Waals surface area contributed by atoms with Crippen molar-refractivity contribution in [1.29, 1.82) is 0 Å². The summed E-state index contributed by atoms with van der Waals surface area (Å²) in [5.74, 6) is 2.20. The molecule has 3 heterocycles. The molecule has 0 saturated carbocycles. The molecule has 5 heteroatoms. The van der Waals surface area contributed by atoms with E-state index in [1.54, 1.807) is 0 Å². The summed E-state index contributed by atoms with van der Waals surface area (Å²) in [6, 6.07) is 0.370. The predicted molar refractivity (Wildman–Crippen MR) is 75.7 cm³/mol. The molecule has 0 radical (unpaired) electrons. The van der Waals surface area contributed by atoms with Crippen molar-refractivity contribution in [3.63, 3.8) is 0 Å². The number of amidine groups is 1. The van der Waals surface area contributed by atoms with Gasteiger partial charge in [-0.25, -0.2) is 4.99 Å².